The van der Waals surface area contributed by atoms with E-state index in [0.717, 1.165) is 0 Å². The summed E-state index contributed by atoms with van der Waals surface area (Å²) in [5, 5.41) is 12.2. The van der Waals surface area contributed by atoms with Crippen molar-refractivity contribution in [2.75, 3.05) is 5.32 Å². The molecule has 0 saturated heterocycles. The number of amides is 1. The number of hydrogen-bond donors (Lipinski definition) is 2. The Bertz CT molecular complexity index is 577. The fourth-order valence-corrected chi connectivity index (χ4v) is 1.83. The molecule has 4 nitrogen and oxygen atoms in total. The van der Waals surface area contributed by atoms with Crippen LogP contribution in [-0.2, 0) is 6.42 Å². The summed E-state index contributed by atoms with van der Waals surface area (Å²) >= 11 is 5.91. The standard InChI is InChI=1S/C13H12ClNO3/c1-2-12-9(5-6-18-12)13(17)15-11-4-3-8(16)7-10(11)14/h3-7,16H,2H2,1H3,(H,15,17). The maximum atomic E-state index is 12.0. The third-order valence-corrected chi connectivity index (χ3v) is 2.82. The van der Waals surface area contributed by atoms with Crippen LogP contribution in [0.1, 0.15) is 23.0 Å². The van der Waals surface area contributed by atoms with Crippen LogP contribution in [0.25, 0.3) is 0 Å². The maximum Gasteiger partial charge on any atom is 0.259 e. The summed E-state index contributed by atoms with van der Waals surface area (Å²) in [5.41, 5.74) is 0.935. The Morgan fingerprint density at radius 3 is 2.89 bits per heavy atom. The Kier molecular flexibility index (Phi) is 3.58. The lowest BCUT2D eigenvalue weighted by Gasteiger charge is -2.07. The van der Waals surface area contributed by atoms with Crippen LogP contribution in [0.5, 0.6) is 5.75 Å². The summed E-state index contributed by atoms with van der Waals surface area (Å²) in [6.45, 7) is 1.91. The van der Waals surface area contributed by atoms with Crippen molar-refractivity contribution in [3.05, 3.63) is 46.9 Å². The molecule has 1 amide bonds. The molecule has 0 unspecified atom stereocenters. The van der Waals surface area contributed by atoms with Crippen LogP contribution in [0.4, 0.5) is 5.69 Å². The zero-order valence-electron chi connectivity index (χ0n) is 9.74. The molecular weight excluding hydrogens is 254 g/mol. The highest BCUT2D eigenvalue weighted by molar-refractivity contribution is 6.34. The minimum atomic E-state index is -0.284. The van der Waals surface area contributed by atoms with E-state index in [1.54, 1.807) is 12.1 Å². The first-order valence-electron chi connectivity index (χ1n) is 5.48. The molecule has 0 fully saturated rings. The minimum absolute atomic E-state index is 0.0514. The Morgan fingerprint density at radius 1 is 1.44 bits per heavy atom. The van der Waals surface area contributed by atoms with E-state index < -0.39 is 0 Å². The van der Waals surface area contributed by atoms with Gasteiger partial charge in [0.15, 0.2) is 0 Å². The van der Waals surface area contributed by atoms with E-state index in [4.69, 9.17) is 16.0 Å². The van der Waals surface area contributed by atoms with E-state index in [9.17, 15) is 9.90 Å². The van der Waals surface area contributed by atoms with Crippen LogP contribution in [0.15, 0.2) is 34.9 Å². The van der Waals surface area contributed by atoms with Crippen LogP contribution in [0, 0.1) is 0 Å². The van der Waals surface area contributed by atoms with Gasteiger partial charge in [0.05, 0.1) is 22.5 Å². The summed E-state index contributed by atoms with van der Waals surface area (Å²) in [6, 6.07) is 5.98. The highest BCUT2D eigenvalue weighted by atomic mass is 35.5. The third kappa shape index (κ3) is 2.49. The number of nitrogens with one attached hydrogen (secondary N) is 1. The number of phenolic OH excluding ortho intramolecular Hbond substituents is 1. The van der Waals surface area contributed by atoms with Crippen molar-refractivity contribution in [1.82, 2.24) is 0 Å². The second kappa shape index (κ2) is 5.14. The summed E-state index contributed by atoms with van der Waals surface area (Å²) in [6.07, 6.45) is 2.12. The highest BCUT2D eigenvalue weighted by Crippen LogP contribution is 2.26. The topological polar surface area (TPSA) is 62.5 Å². The van der Waals surface area contributed by atoms with E-state index in [0.29, 0.717) is 23.4 Å². The van der Waals surface area contributed by atoms with Crippen molar-refractivity contribution < 1.29 is 14.3 Å². The number of phenols is 1. The summed E-state index contributed by atoms with van der Waals surface area (Å²) in [4.78, 5) is 12.0. The van der Waals surface area contributed by atoms with Crippen molar-refractivity contribution >= 4 is 23.2 Å². The van der Waals surface area contributed by atoms with E-state index in [-0.39, 0.29) is 16.7 Å². The summed E-state index contributed by atoms with van der Waals surface area (Å²) in [7, 11) is 0. The van der Waals surface area contributed by atoms with Gasteiger partial charge in [0.2, 0.25) is 0 Å². The van der Waals surface area contributed by atoms with Crippen LogP contribution in [-0.4, -0.2) is 11.0 Å². The molecule has 0 saturated carbocycles. The summed E-state index contributed by atoms with van der Waals surface area (Å²) in [5.74, 6) is 0.395. The molecule has 0 bridgehead atoms. The number of aromatic hydroxyl groups is 1. The summed E-state index contributed by atoms with van der Waals surface area (Å²) < 4.78 is 5.19. The molecule has 2 N–H and O–H groups in total. The molecule has 0 aliphatic carbocycles. The molecule has 18 heavy (non-hydrogen) atoms. The molecule has 94 valence electrons. The Labute approximate surface area is 109 Å². The first-order chi connectivity index (χ1) is 8.61. The number of anilines is 1. The van der Waals surface area contributed by atoms with Crippen molar-refractivity contribution in [1.29, 1.82) is 0 Å². The van der Waals surface area contributed by atoms with Crippen molar-refractivity contribution in [2.24, 2.45) is 0 Å². The van der Waals surface area contributed by atoms with E-state index in [1.807, 2.05) is 6.92 Å². The van der Waals surface area contributed by atoms with Gasteiger partial charge in [0.25, 0.3) is 5.91 Å². The molecular formula is C13H12ClNO3. The minimum Gasteiger partial charge on any atom is -0.508 e. The average Bonchev–Trinajstić information content (AvgIpc) is 2.81. The first kappa shape index (κ1) is 12.5. The number of benzene rings is 1. The SMILES string of the molecule is CCc1occc1C(=O)Nc1ccc(O)cc1Cl. The highest BCUT2D eigenvalue weighted by Gasteiger charge is 2.14. The quantitative estimate of drug-likeness (QED) is 0.836. The lowest BCUT2D eigenvalue weighted by molar-refractivity contribution is 0.102. The van der Waals surface area contributed by atoms with Gasteiger partial charge in [-0.05, 0) is 18.2 Å². The van der Waals surface area contributed by atoms with Crippen molar-refractivity contribution in [3.8, 4) is 5.75 Å². The van der Waals surface area contributed by atoms with Crippen LogP contribution in [0.3, 0.4) is 0 Å². The number of carbonyl (C=O) groups is 1. The molecule has 2 aromatic rings. The van der Waals surface area contributed by atoms with Crippen LogP contribution < -0.4 is 5.32 Å². The van der Waals surface area contributed by atoms with Gasteiger partial charge < -0.3 is 14.8 Å². The average molecular weight is 266 g/mol. The van der Waals surface area contributed by atoms with Gasteiger partial charge in [0.1, 0.15) is 11.5 Å². The maximum absolute atomic E-state index is 12.0. The largest absolute Gasteiger partial charge is 0.508 e. The van der Waals surface area contributed by atoms with Gasteiger partial charge in [-0.25, -0.2) is 0 Å². The lowest BCUT2D eigenvalue weighted by Crippen LogP contribution is -2.13. The molecule has 1 aromatic carbocycles. The Hall–Kier alpha value is -1.94. The molecule has 0 aliphatic heterocycles. The zero-order chi connectivity index (χ0) is 13.1. The van der Waals surface area contributed by atoms with Gasteiger partial charge in [-0.1, -0.05) is 18.5 Å². The second-order valence-electron chi connectivity index (χ2n) is 3.73. The zero-order valence-corrected chi connectivity index (χ0v) is 10.5. The number of furan rings is 1. The Morgan fingerprint density at radius 2 is 2.22 bits per heavy atom. The van der Waals surface area contributed by atoms with Crippen LogP contribution >= 0.6 is 11.6 Å². The predicted molar refractivity (Wildman–Crippen MR) is 69.2 cm³/mol. The molecule has 1 heterocycles. The number of hydrogen-bond acceptors (Lipinski definition) is 3. The smallest absolute Gasteiger partial charge is 0.259 e. The fourth-order valence-electron chi connectivity index (χ4n) is 1.61. The van der Waals surface area contributed by atoms with Gasteiger partial charge >= 0.3 is 0 Å². The fraction of sp³-hybridized carbons (Fsp3) is 0.154. The van der Waals surface area contributed by atoms with E-state index in [2.05, 4.69) is 5.32 Å². The number of aryl methyl sites for hydroxylation is 1. The van der Waals surface area contributed by atoms with Gasteiger partial charge in [-0.15, -0.1) is 0 Å². The molecule has 0 aliphatic rings. The van der Waals surface area contributed by atoms with E-state index >= 15 is 0 Å². The molecule has 1 aromatic heterocycles. The van der Waals surface area contributed by atoms with Crippen LogP contribution in [0.2, 0.25) is 5.02 Å². The molecule has 0 radical (unpaired) electrons. The monoisotopic (exact) mass is 265 g/mol. The third-order valence-electron chi connectivity index (χ3n) is 2.51. The van der Waals surface area contributed by atoms with Crippen molar-refractivity contribution in [2.45, 2.75) is 13.3 Å². The van der Waals surface area contributed by atoms with E-state index in [1.165, 1.54) is 18.4 Å². The first-order valence-corrected chi connectivity index (χ1v) is 5.86. The number of rotatable bonds is 3. The molecule has 2 rings (SSSR count). The second-order valence-corrected chi connectivity index (χ2v) is 4.14. The number of halogens is 1. The molecule has 5 heteroatoms. The van der Waals surface area contributed by atoms with Gasteiger partial charge in [0, 0.05) is 12.5 Å². The van der Waals surface area contributed by atoms with Gasteiger partial charge in [-0.2, -0.15) is 0 Å². The molecule has 0 atom stereocenters. The molecule has 0 spiro atoms. The van der Waals surface area contributed by atoms with Crippen molar-refractivity contribution in [3.63, 3.8) is 0 Å². The van der Waals surface area contributed by atoms with Gasteiger partial charge in [-0.3, -0.25) is 4.79 Å². The number of carbonyl (C=O) groups excluding carboxylic acids is 1. The normalized spacial score (nSPS) is 10.3. The lowest BCUT2D eigenvalue weighted by atomic mass is 10.2. The predicted octanol–water partition coefficient (Wildman–Crippen LogP) is 3.45. The Balaban J connectivity index is 2.21.